The largest absolute Gasteiger partial charge is 0.504 e. The van der Waals surface area contributed by atoms with Crippen LogP contribution in [0.5, 0.6) is 11.5 Å². The Morgan fingerprint density at radius 3 is 2.43 bits per heavy atom. The second-order valence-corrected chi connectivity index (χ2v) is 5.66. The molecule has 0 aliphatic rings. The van der Waals surface area contributed by atoms with Crippen molar-refractivity contribution in [2.24, 2.45) is 0 Å². The van der Waals surface area contributed by atoms with E-state index in [9.17, 15) is 10.2 Å². The van der Waals surface area contributed by atoms with Gasteiger partial charge < -0.3 is 15.1 Å². The van der Waals surface area contributed by atoms with Gasteiger partial charge in [0.05, 0.1) is 0 Å². The fraction of sp³-hybridized carbons (Fsp3) is 0.222. The third kappa shape index (κ3) is 2.41. The monoisotopic (exact) mass is 281 g/mol. The summed E-state index contributed by atoms with van der Waals surface area (Å²) in [5.41, 5.74) is 1.26. The van der Waals surface area contributed by atoms with Gasteiger partial charge in [0.1, 0.15) is 0 Å². The van der Waals surface area contributed by atoms with Crippen LogP contribution >= 0.6 is 0 Å². The van der Waals surface area contributed by atoms with E-state index in [2.05, 4.69) is 31.1 Å². The highest BCUT2D eigenvalue weighted by Crippen LogP contribution is 2.38. The van der Waals surface area contributed by atoms with Gasteiger partial charge in [0.15, 0.2) is 11.5 Å². The van der Waals surface area contributed by atoms with E-state index in [1.165, 1.54) is 11.6 Å². The van der Waals surface area contributed by atoms with Gasteiger partial charge in [-0.05, 0) is 48.3 Å². The third-order valence-electron chi connectivity index (χ3n) is 3.91. The Balaban J connectivity index is 2.26. The fourth-order valence-electron chi connectivity index (χ4n) is 2.78. The summed E-state index contributed by atoms with van der Waals surface area (Å²) < 4.78 is 0. The molecule has 0 bridgehead atoms. The molecule has 21 heavy (non-hydrogen) atoms. The summed E-state index contributed by atoms with van der Waals surface area (Å²) in [6, 6.07) is 13.6. The highest BCUT2D eigenvalue weighted by molar-refractivity contribution is 6.12. The Kier molecular flexibility index (Phi) is 3.43. The van der Waals surface area contributed by atoms with Gasteiger partial charge in [-0.25, -0.2) is 0 Å². The van der Waals surface area contributed by atoms with Crippen LogP contribution in [0.3, 0.4) is 0 Å². The summed E-state index contributed by atoms with van der Waals surface area (Å²) in [6.45, 7) is 0.975. The standard InChI is InChI=1S/C18H19NO2/c1-19(2)11-10-12-4-3-5-15-14(12)8-6-13-7-9-16(20)18(21)17(13)15/h3-9,20-21H,10-11H2,1-2H3. The molecule has 0 aliphatic carbocycles. The molecular formula is C18H19NO2. The number of aromatic hydroxyl groups is 2. The number of phenolic OH excluding ortho intramolecular Hbond substituents is 2. The Bertz CT molecular complexity index is 809. The van der Waals surface area contributed by atoms with E-state index in [0.717, 1.165) is 34.5 Å². The number of nitrogens with zero attached hydrogens (tertiary/aromatic N) is 1. The molecule has 0 unspecified atom stereocenters. The molecule has 3 rings (SSSR count). The Morgan fingerprint density at radius 1 is 0.905 bits per heavy atom. The minimum Gasteiger partial charge on any atom is -0.504 e. The minimum absolute atomic E-state index is 0.0390. The molecule has 0 aromatic heterocycles. The first-order chi connectivity index (χ1) is 10.1. The van der Waals surface area contributed by atoms with Crippen molar-refractivity contribution >= 4 is 21.5 Å². The fourth-order valence-corrected chi connectivity index (χ4v) is 2.78. The van der Waals surface area contributed by atoms with Crippen molar-refractivity contribution in [3.63, 3.8) is 0 Å². The van der Waals surface area contributed by atoms with Gasteiger partial charge in [-0.2, -0.15) is 0 Å². The number of phenols is 2. The molecule has 3 heteroatoms. The van der Waals surface area contributed by atoms with Crippen molar-refractivity contribution in [1.82, 2.24) is 4.90 Å². The van der Waals surface area contributed by atoms with E-state index < -0.39 is 0 Å². The smallest absolute Gasteiger partial charge is 0.166 e. The summed E-state index contributed by atoms with van der Waals surface area (Å²) in [5.74, 6) is -0.114. The molecule has 0 aliphatic heterocycles. The predicted octanol–water partition coefficient (Wildman–Crippen LogP) is 3.51. The third-order valence-corrected chi connectivity index (χ3v) is 3.91. The number of hydrogen-bond donors (Lipinski definition) is 2. The van der Waals surface area contributed by atoms with Crippen molar-refractivity contribution in [1.29, 1.82) is 0 Å². The molecule has 0 spiro atoms. The molecule has 3 nitrogen and oxygen atoms in total. The predicted molar refractivity (Wildman–Crippen MR) is 87.0 cm³/mol. The molecule has 3 aromatic carbocycles. The molecule has 0 saturated carbocycles. The molecule has 0 atom stereocenters. The van der Waals surface area contributed by atoms with E-state index >= 15 is 0 Å². The first-order valence-electron chi connectivity index (χ1n) is 7.08. The van der Waals surface area contributed by atoms with E-state index in [1.54, 1.807) is 0 Å². The average Bonchev–Trinajstić information content (AvgIpc) is 2.48. The maximum atomic E-state index is 10.2. The summed E-state index contributed by atoms with van der Waals surface area (Å²) >= 11 is 0. The zero-order valence-electron chi connectivity index (χ0n) is 12.3. The van der Waals surface area contributed by atoms with Crippen LogP contribution in [-0.2, 0) is 6.42 Å². The van der Waals surface area contributed by atoms with Crippen LogP contribution in [0.2, 0.25) is 0 Å². The average molecular weight is 281 g/mol. The molecule has 3 aromatic rings. The van der Waals surface area contributed by atoms with Gasteiger partial charge in [0.2, 0.25) is 0 Å². The second kappa shape index (κ2) is 5.26. The van der Waals surface area contributed by atoms with Crippen molar-refractivity contribution in [2.45, 2.75) is 6.42 Å². The normalized spacial score (nSPS) is 11.6. The van der Waals surface area contributed by atoms with E-state index in [-0.39, 0.29) is 11.5 Å². The molecule has 2 N–H and O–H groups in total. The number of hydrogen-bond acceptors (Lipinski definition) is 3. The summed E-state index contributed by atoms with van der Waals surface area (Å²) in [6.07, 6.45) is 0.954. The van der Waals surface area contributed by atoms with E-state index in [4.69, 9.17) is 0 Å². The molecule has 0 saturated heterocycles. The highest BCUT2D eigenvalue weighted by atomic mass is 16.3. The van der Waals surface area contributed by atoms with E-state index in [0.29, 0.717) is 0 Å². The summed E-state index contributed by atoms with van der Waals surface area (Å²) in [7, 11) is 4.12. The number of fused-ring (bicyclic) bond motifs is 3. The highest BCUT2D eigenvalue weighted by Gasteiger charge is 2.11. The van der Waals surface area contributed by atoms with Crippen LogP contribution in [0.15, 0.2) is 42.5 Å². The van der Waals surface area contributed by atoms with E-state index in [1.807, 2.05) is 24.3 Å². The first-order valence-corrected chi connectivity index (χ1v) is 7.08. The first kappa shape index (κ1) is 13.7. The Hall–Kier alpha value is -2.26. The second-order valence-electron chi connectivity index (χ2n) is 5.66. The summed E-state index contributed by atoms with van der Waals surface area (Å²) in [5, 5.41) is 23.7. The lowest BCUT2D eigenvalue weighted by Gasteiger charge is -2.13. The van der Waals surface area contributed by atoms with Crippen LogP contribution in [-0.4, -0.2) is 35.8 Å². The maximum Gasteiger partial charge on any atom is 0.166 e. The Labute approximate surface area is 124 Å². The van der Waals surface area contributed by atoms with Crippen LogP contribution in [0, 0.1) is 0 Å². The van der Waals surface area contributed by atoms with Crippen molar-refractivity contribution in [2.75, 3.05) is 20.6 Å². The van der Waals surface area contributed by atoms with Crippen molar-refractivity contribution in [3.05, 3.63) is 48.0 Å². The number of benzene rings is 3. The van der Waals surface area contributed by atoms with Gasteiger partial charge in [-0.3, -0.25) is 0 Å². The van der Waals surface area contributed by atoms with Gasteiger partial charge in [0.25, 0.3) is 0 Å². The Morgan fingerprint density at radius 2 is 1.67 bits per heavy atom. The van der Waals surface area contributed by atoms with Gasteiger partial charge in [0, 0.05) is 11.9 Å². The van der Waals surface area contributed by atoms with Gasteiger partial charge in [-0.15, -0.1) is 0 Å². The molecule has 108 valence electrons. The van der Waals surface area contributed by atoms with Gasteiger partial charge >= 0.3 is 0 Å². The number of rotatable bonds is 3. The lowest BCUT2D eigenvalue weighted by Crippen LogP contribution is -2.15. The van der Waals surface area contributed by atoms with Crippen LogP contribution in [0.25, 0.3) is 21.5 Å². The minimum atomic E-state index is -0.0753. The van der Waals surface area contributed by atoms with Crippen molar-refractivity contribution in [3.8, 4) is 11.5 Å². The van der Waals surface area contributed by atoms with Crippen LogP contribution in [0.4, 0.5) is 0 Å². The quantitative estimate of drug-likeness (QED) is 0.570. The molecule has 0 amide bonds. The number of likely N-dealkylation sites (N-methyl/N-ethyl adjacent to an activating group) is 1. The van der Waals surface area contributed by atoms with Gasteiger partial charge in [-0.1, -0.05) is 36.4 Å². The lowest BCUT2D eigenvalue weighted by atomic mass is 9.96. The molecular weight excluding hydrogens is 262 g/mol. The molecule has 0 heterocycles. The molecule has 0 radical (unpaired) electrons. The summed E-state index contributed by atoms with van der Waals surface area (Å²) in [4.78, 5) is 2.16. The lowest BCUT2D eigenvalue weighted by molar-refractivity contribution is 0.408. The van der Waals surface area contributed by atoms with Crippen molar-refractivity contribution < 1.29 is 10.2 Å². The van der Waals surface area contributed by atoms with Crippen LogP contribution in [0.1, 0.15) is 5.56 Å². The zero-order chi connectivity index (χ0) is 15.0. The van der Waals surface area contributed by atoms with Crippen LogP contribution < -0.4 is 0 Å². The molecule has 0 fully saturated rings. The SMILES string of the molecule is CN(C)CCc1cccc2c1ccc1ccc(O)c(O)c12. The zero-order valence-corrected chi connectivity index (χ0v) is 12.3. The maximum absolute atomic E-state index is 10.2. The topological polar surface area (TPSA) is 43.7 Å².